The van der Waals surface area contributed by atoms with Crippen LogP contribution in [0.1, 0.15) is 44.7 Å². The highest BCUT2D eigenvalue weighted by atomic mass is 19.4. The molecule has 0 aliphatic carbocycles. The normalized spacial score (nSPS) is 17.1. The van der Waals surface area contributed by atoms with Crippen molar-refractivity contribution in [2.24, 2.45) is 5.41 Å². The van der Waals surface area contributed by atoms with E-state index in [2.05, 4.69) is 4.98 Å². The average molecular weight is 374 g/mol. The second-order valence-corrected chi connectivity index (χ2v) is 6.65. The minimum Gasteiger partial charge on any atom is -0.396 e. The molecular formula is C18H25F3N2O3. The number of hydrogen-bond donors (Lipinski definition) is 1. The van der Waals surface area contributed by atoms with Crippen molar-refractivity contribution in [1.82, 2.24) is 4.98 Å². The van der Waals surface area contributed by atoms with Gasteiger partial charge in [-0.05, 0) is 43.2 Å². The first-order valence-electron chi connectivity index (χ1n) is 8.84. The molecule has 1 aromatic heterocycles. The summed E-state index contributed by atoms with van der Waals surface area (Å²) in [6, 6.07) is 3.60. The zero-order valence-electron chi connectivity index (χ0n) is 14.9. The maximum Gasteiger partial charge on any atom is 0.433 e. The van der Waals surface area contributed by atoms with Crippen LogP contribution in [-0.2, 0) is 15.7 Å². The first-order valence-corrected chi connectivity index (χ1v) is 8.84. The zero-order chi connectivity index (χ0) is 19.2. The molecule has 0 atom stereocenters. The van der Waals surface area contributed by atoms with Crippen molar-refractivity contribution < 1.29 is 27.8 Å². The molecular weight excluding hydrogens is 349 g/mol. The van der Waals surface area contributed by atoms with Gasteiger partial charge in [-0.2, -0.15) is 13.2 Å². The van der Waals surface area contributed by atoms with Gasteiger partial charge in [0.2, 0.25) is 5.91 Å². The number of hydrogen-bond acceptors (Lipinski definition) is 4. The lowest BCUT2D eigenvalue weighted by atomic mass is 9.76. The fourth-order valence-electron chi connectivity index (χ4n) is 3.30. The Morgan fingerprint density at radius 1 is 1.35 bits per heavy atom. The monoisotopic (exact) mass is 374 g/mol. The Hall–Kier alpha value is -1.67. The zero-order valence-corrected chi connectivity index (χ0v) is 14.9. The van der Waals surface area contributed by atoms with E-state index in [1.165, 1.54) is 17.0 Å². The molecule has 2 heterocycles. The highest BCUT2D eigenvalue weighted by molar-refractivity contribution is 5.92. The minimum absolute atomic E-state index is 0.0153. The van der Waals surface area contributed by atoms with Crippen molar-refractivity contribution in [1.29, 1.82) is 0 Å². The van der Waals surface area contributed by atoms with Crippen LogP contribution in [0, 0.1) is 5.41 Å². The number of amides is 1. The number of carbonyl (C=O) groups excluding carboxylic acids is 1. The van der Waals surface area contributed by atoms with E-state index < -0.39 is 11.9 Å². The quantitative estimate of drug-likeness (QED) is 0.794. The van der Waals surface area contributed by atoms with Gasteiger partial charge in [-0.15, -0.1) is 0 Å². The van der Waals surface area contributed by atoms with Crippen LogP contribution >= 0.6 is 0 Å². The SMILES string of the molecule is CCC(=O)N(CC1(CCCO)CCOCC1)c1cccc(C(F)(F)F)n1. The third kappa shape index (κ3) is 5.17. The molecule has 8 heteroatoms. The summed E-state index contributed by atoms with van der Waals surface area (Å²) in [6.07, 6.45) is -1.75. The number of pyridine rings is 1. The Balaban J connectivity index is 2.33. The largest absolute Gasteiger partial charge is 0.433 e. The summed E-state index contributed by atoms with van der Waals surface area (Å²) in [5, 5.41) is 9.19. The lowest BCUT2D eigenvalue weighted by molar-refractivity contribution is -0.141. The predicted molar refractivity (Wildman–Crippen MR) is 90.7 cm³/mol. The third-order valence-electron chi connectivity index (χ3n) is 4.82. The Bertz CT molecular complexity index is 602. The van der Waals surface area contributed by atoms with E-state index in [0.717, 1.165) is 6.07 Å². The molecule has 1 amide bonds. The number of aliphatic hydroxyl groups excluding tert-OH is 1. The second kappa shape index (κ2) is 8.81. The number of nitrogens with zero attached hydrogens (tertiary/aromatic N) is 2. The molecule has 26 heavy (non-hydrogen) atoms. The van der Waals surface area contributed by atoms with Crippen LogP contribution in [-0.4, -0.2) is 42.4 Å². The van der Waals surface area contributed by atoms with Gasteiger partial charge in [0.15, 0.2) is 0 Å². The fourth-order valence-corrected chi connectivity index (χ4v) is 3.30. The van der Waals surface area contributed by atoms with Gasteiger partial charge in [0.05, 0.1) is 0 Å². The standard InChI is InChI=1S/C18H25F3N2O3/c1-2-16(25)23(15-6-3-5-14(22-15)18(19,20)21)13-17(7-4-10-24)8-11-26-12-9-17/h3,5-6,24H,2,4,7-13H2,1H3. The van der Waals surface area contributed by atoms with Gasteiger partial charge in [0.1, 0.15) is 11.5 Å². The Kier molecular flexibility index (Phi) is 7.00. The fraction of sp³-hybridized carbons (Fsp3) is 0.667. The number of carbonyl (C=O) groups is 1. The molecule has 1 aromatic rings. The van der Waals surface area contributed by atoms with Crippen LogP contribution in [0.3, 0.4) is 0 Å². The lowest BCUT2D eigenvalue weighted by Crippen LogP contribution is -2.45. The summed E-state index contributed by atoms with van der Waals surface area (Å²) in [6.45, 7) is 3.06. The predicted octanol–water partition coefficient (Wildman–Crippen LogP) is 3.41. The first-order chi connectivity index (χ1) is 12.3. The highest BCUT2D eigenvalue weighted by Gasteiger charge is 2.37. The van der Waals surface area contributed by atoms with E-state index in [0.29, 0.717) is 38.9 Å². The summed E-state index contributed by atoms with van der Waals surface area (Å²) >= 11 is 0. The number of aromatic nitrogens is 1. The molecule has 0 bridgehead atoms. The van der Waals surface area contributed by atoms with Gasteiger partial charge < -0.3 is 9.84 Å². The smallest absolute Gasteiger partial charge is 0.396 e. The van der Waals surface area contributed by atoms with Crippen molar-refractivity contribution >= 4 is 11.7 Å². The van der Waals surface area contributed by atoms with E-state index in [9.17, 15) is 23.1 Å². The second-order valence-electron chi connectivity index (χ2n) is 6.65. The summed E-state index contributed by atoms with van der Waals surface area (Å²) in [5.41, 5.74) is -1.30. The maximum atomic E-state index is 13.0. The molecule has 1 aliphatic rings. The summed E-state index contributed by atoms with van der Waals surface area (Å²) in [5.74, 6) is -0.256. The van der Waals surface area contributed by atoms with Crippen molar-refractivity contribution in [3.63, 3.8) is 0 Å². The molecule has 1 saturated heterocycles. The minimum atomic E-state index is -4.57. The number of rotatable bonds is 7. The molecule has 1 aliphatic heterocycles. The first kappa shape index (κ1) is 20.6. The van der Waals surface area contributed by atoms with Crippen molar-refractivity contribution in [2.75, 3.05) is 31.3 Å². The molecule has 1 N–H and O–H groups in total. The van der Waals surface area contributed by atoms with Crippen LogP contribution in [0.2, 0.25) is 0 Å². The Morgan fingerprint density at radius 2 is 2.04 bits per heavy atom. The molecule has 1 fully saturated rings. The average Bonchev–Trinajstić information content (AvgIpc) is 2.64. The van der Waals surface area contributed by atoms with Gasteiger partial charge in [0, 0.05) is 32.8 Å². The van der Waals surface area contributed by atoms with Crippen molar-refractivity contribution in [2.45, 2.75) is 45.2 Å². The molecule has 0 saturated carbocycles. The lowest BCUT2D eigenvalue weighted by Gasteiger charge is -2.41. The molecule has 0 aromatic carbocycles. The third-order valence-corrected chi connectivity index (χ3v) is 4.82. The van der Waals surface area contributed by atoms with Gasteiger partial charge >= 0.3 is 6.18 Å². The summed E-state index contributed by atoms with van der Waals surface area (Å²) in [4.78, 5) is 17.5. The molecule has 5 nitrogen and oxygen atoms in total. The molecule has 2 rings (SSSR count). The van der Waals surface area contributed by atoms with Gasteiger partial charge in [0.25, 0.3) is 0 Å². The van der Waals surface area contributed by atoms with Crippen LogP contribution in [0.15, 0.2) is 18.2 Å². The Morgan fingerprint density at radius 3 is 2.62 bits per heavy atom. The maximum absolute atomic E-state index is 13.0. The highest BCUT2D eigenvalue weighted by Crippen LogP contribution is 2.38. The van der Waals surface area contributed by atoms with Crippen molar-refractivity contribution in [3.8, 4) is 0 Å². The number of halogens is 3. The number of alkyl halides is 3. The molecule has 0 spiro atoms. The van der Waals surface area contributed by atoms with Gasteiger partial charge in [-0.1, -0.05) is 13.0 Å². The summed E-state index contributed by atoms with van der Waals surface area (Å²) in [7, 11) is 0. The Labute approximate surface area is 151 Å². The van der Waals surface area contributed by atoms with Crippen LogP contribution in [0.5, 0.6) is 0 Å². The van der Waals surface area contributed by atoms with Gasteiger partial charge in [-0.25, -0.2) is 4.98 Å². The van der Waals surface area contributed by atoms with E-state index in [4.69, 9.17) is 4.74 Å². The van der Waals surface area contributed by atoms with Crippen LogP contribution in [0.25, 0.3) is 0 Å². The van der Waals surface area contributed by atoms with E-state index in [1.54, 1.807) is 6.92 Å². The van der Waals surface area contributed by atoms with Crippen LogP contribution in [0.4, 0.5) is 19.0 Å². The van der Waals surface area contributed by atoms with E-state index in [-0.39, 0.29) is 36.7 Å². The summed E-state index contributed by atoms with van der Waals surface area (Å²) < 4.78 is 44.4. The number of aliphatic hydroxyl groups is 1. The van der Waals surface area contributed by atoms with Crippen molar-refractivity contribution in [3.05, 3.63) is 23.9 Å². The number of ether oxygens (including phenoxy) is 1. The van der Waals surface area contributed by atoms with Gasteiger partial charge in [-0.3, -0.25) is 9.69 Å². The molecule has 146 valence electrons. The van der Waals surface area contributed by atoms with E-state index in [1.807, 2.05) is 0 Å². The van der Waals surface area contributed by atoms with Crippen LogP contribution < -0.4 is 4.90 Å². The number of anilines is 1. The molecule has 0 unspecified atom stereocenters. The topological polar surface area (TPSA) is 62.7 Å². The van der Waals surface area contributed by atoms with E-state index >= 15 is 0 Å². The molecule has 0 radical (unpaired) electrons.